The van der Waals surface area contributed by atoms with E-state index in [1.165, 1.54) is 18.4 Å². The minimum Gasteiger partial charge on any atom is -0.356 e. The van der Waals surface area contributed by atoms with Gasteiger partial charge in [-0.05, 0) is 51.1 Å². The third-order valence-electron chi connectivity index (χ3n) is 3.76. The van der Waals surface area contributed by atoms with Crippen molar-refractivity contribution >= 4 is 17.4 Å². The molecule has 0 saturated carbocycles. The molecule has 0 bridgehead atoms. The highest BCUT2D eigenvalue weighted by molar-refractivity contribution is 6.17. The fourth-order valence-corrected chi connectivity index (χ4v) is 2.77. The van der Waals surface area contributed by atoms with E-state index in [1.54, 1.807) is 0 Å². The first-order valence-electron chi connectivity index (χ1n) is 6.54. The van der Waals surface area contributed by atoms with Crippen molar-refractivity contribution in [2.45, 2.75) is 31.7 Å². The standard InChI is InChI=1S/C14H22ClN3/c1-11-8-12(9-15)10-16-14(11)18-6-4-13(5-7-18)17(2)3/h8,10,13H,4-7,9H2,1-3H3. The molecule has 4 heteroatoms. The molecule has 1 saturated heterocycles. The Labute approximate surface area is 115 Å². The van der Waals surface area contributed by atoms with Crippen LogP contribution in [-0.4, -0.2) is 43.1 Å². The maximum Gasteiger partial charge on any atom is 0.131 e. The average Bonchev–Trinajstić information content (AvgIpc) is 2.38. The van der Waals surface area contributed by atoms with Crippen LogP contribution in [0.25, 0.3) is 0 Å². The number of rotatable bonds is 3. The molecule has 1 aliphatic heterocycles. The summed E-state index contributed by atoms with van der Waals surface area (Å²) in [5.41, 5.74) is 2.33. The van der Waals surface area contributed by atoms with Crippen LogP contribution >= 0.6 is 11.6 Å². The summed E-state index contributed by atoms with van der Waals surface area (Å²) in [6, 6.07) is 2.86. The van der Waals surface area contributed by atoms with Gasteiger partial charge in [-0.2, -0.15) is 0 Å². The highest BCUT2D eigenvalue weighted by Crippen LogP contribution is 2.23. The summed E-state index contributed by atoms with van der Waals surface area (Å²) >= 11 is 5.83. The molecule has 0 N–H and O–H groups in total. The van der Waals surface area contributed by atoms with Crippen LogP contribution in [0.1, 0.15) is 24.0 Å². The molecule has 0 amide bonds. The highest BCUT2D eigenvalue weighted by atomic mass is 35.5. The molecule has 3 nitrogen and oxygen atoms in total. The molecule has 2 heterocycles. The molecule has 0 aliphatic carbocycles. The van der Waals surface area contributed by atoms with E-state index >= 15 is 0 Å². The summed E-state index contributed by atoms with van der Waals surface area (Å²) in [6.45, 7) is 4.31. The van der Waals surface area contributed by atoms with Gasteiger partial charge in [0.2, 0.25) is 0 Å². The predicted octanol–water partition coefficient (Wildman–Crippen LogP) is 2.66. The molecule has 2 rings (SSSR count). The molecule has 0 spiro atoms. The fourth-order valence-electron chi connectivity index (χ4n) is 2.62. The van der Waals surface area contributed by atoms with Crippen molar-refractivity contribution in [2.75, 3.05) is 32.1 Å². The Hall–Kier alpha value is -0.800. The number of nitrogens with zero attached hydrogens (tertiary/aromatic N) is 3. The van der Waals surface area contributed by atoms with Crippen molar-refractivity contribution in [2.24, 2.45) is 0 Å². The van der Waals surface area contributed by atoms with Crippen LogP contribution in [-0.2, 0) is 5.88 Å². The summed E-state index contributed by atoms with van der Waals surface area (Å²) in [7, 11) is 4.33. The summed E-state index contributed by atoms with van der Waals surface area (Å²) < 4.78 is 0. The molecule has 0 radical (unpaired) electrons. The van der Waals surface area contributed by atoms with Crippen LogP contribution in [0.4, 0.5) is 5.82 Å². The van der Waals surface area contributed by atoms with Gasteiger partial charge in [0.05, 0.1) is 0 Å². The largest absolute Gasteiger partial charge is 0.356 e. The van der Waals surface area contributed by atoms with Crippen LogP contribution in [0.5, 0.6) is 0 Å². The minimum absolute atomic E-state index is 0.539. The topological polar surface area (TPSA) is 19.4 Å². The first-order chi connectivity index (χ1) is 8.61. The van der Waals surface area contributed by atoms with Gasteiger partial charge in [0.1, 0.15) is 5.82 Å². The lowest BCUT2D eigenvalue weighted by molar-refractivity contribution is 0.249. The first kappa shape index (κ1) is 13.6. The second-order valence-electron chi connectivity index (χ2n) is 5.30. The number of piperidine rings is 1. The fraction of sp³-hybridized carbons (Fsp3) is 0.643. The van der Waals surface area contributed by atoms with Crippen LogP contribution < -0.4 is 4.90 Å². The zero-order valence-corrected chi connectivity index (χ0v) is 12.2. The third kappa shape index (κ3) is 2.96. The number of aromatic nitrogens is 1. The number of alkyl halides is 1. The Morgan fingerprint density at radius 2 is 2.06 bits per heavy atom. The van der Waals surface area contributed by atoms with Gasteiger partial charge < -0.3 is 9.80 Å². The van der Waals surface area contributed by atoms with Gasteiger partial charge in [0.25, 0.3) is 0 Å². The quantitative estimate of drug-likeness (QED) is 0.785. The maximum atomic E-state index is 5.83. The number of hydrogen-bond donors (Lipinski definition) is 0. The van der Waals surface area contributed by atoms with Crippen molar-refractivity contribution < 1.29 is 0 Å². The van der Waals surface area contributed by atoms with Crippen molar-refractivity contribution in [3.8, 4) is 0 Å². The molecule has 1 aromatic rings. The van der Waals surface area contributed by atoms with Gasteiger partial charge in [-0.15, -0.1) is 11.6 Å². The average molecular weight is 268 g/mol. The summed E-state index contributed by atoms with van der Waals surface area (Å²) in [6.07, 6.45) is 4.32. The predicted molar refractivity (Wildman–Crippen MR) is 77.5 cm³/mol. The van der Waals surface area contributed by atoms with E-state index in [0.717, 1.165) is 24.5 Å². The molecule has 0 atom stereocenters. The van der Waals surface area contributed by atoms with Crippen molar-refractivity contribution in [1.82, 2.24) is 9.88 Å². The summed E-state index contributed by atoms with van der Waals surface area (Å²) in [4.78, 5) is 9.29. The number of hydrogen-bond acceptors (Lipinski definition) is 3. The lowest BCUT2D eigenvalue weighted by atomic mass is 10.0. The van der Waals surface area contributed by atoms with E-state index in [2.05, 4.69) is 41.9 Å². The number of halogens is 1. The van der Waals surface area contributed by atoms with Crippen LogP contribution in [0.15, 0.2) is 12.3 Å². The Kier molecular flexibility index (Phi) is 4.46. The Balaban J connectivity index is 2.05. The van der Waals surface area contributed by atoms with Gasteiger partial charge >= 0.3 is 0 Å². The van der Waals surface area contributed by atoms with Gasteiger partial charge in [0, 0.05) is 31.2 Å². The summed E-state index contributed by atoms with van der Waals surface area (Å²) in [5.74, 6) is 1.66. The van der Waals surface area contributed by atoms with E-state index in [1.807, 2.05) is 6.20 Å². The molecular weight excluding hydrogens is 246 g/mol. The van der Waals surface area contributed by atoms with Crippen molar-refractivity contribution in [1.29, 1.82) is 0 Å². The second-order valence-corrected chi connectivity index (χ2v) is 5.57. The number of pyridine rings is 1. The molecule has 1 aromatic heterocycles. The van der Waals surface area contributed by atoms with Crippen molar-refractivity contribution in [3.63, 3.8) is 0 Å². The molecular formula is C14H22ClN3. The minimum atomic E-state index is 0.539. The lowest BCUT2D eigenvalue weighted by Crippen LogP contribution is -2.42. The molecule has 0 aromatic carbocycles. The van der Waals surface area contributed by atoms with E-state index in [4.69, 9.17) is 11.6 Å². The maximum absolute atomic E-state index is 5.83. The van der Waals surface area contributed by atoms with Crippen LogP contribution in [0, 0.1) is 6.92 Å². The Morgan fingerprint density at radius 1 is 1.39 bits per heavy atom. The molecule has 18 heavy (non-hydrogen) atoms. The number of aryl methyl sites for hydroxylation is 1. The third-order valence-corrected chi connectivity index (χ3v) is 4.06. The van der Waals surface area contributed by atoms with Gasteiger partial charge in [-0.25, -0.2) is 4.98 Å². The highest BCUT2D eigenvalue weighted by Gasteiger charge is 2.22. The lowest BCUT2D eigenvalue weighted by Gasteiger charge is -2.36. The van der Waals surface area contributed by atoms with E-state index in [9.17, 15) is 0 Å². The van der Waals surface area contributed by atoms with Gasteiger partial charge in [-0.3, -0.25) is 0 Å². The Morgan fingerprint density at radius 3 is 2.56 bits per heavy atom. The smallest absolute Gasteiger partial charge is 0.131 e. The SMILES string of the molecule is Cc1cc(CCl)cnc1N1CCC(N(C)C)CC1. The molecule has 1 fully saturated rings. The first-order valence-corrected chi connectivity index (χ1v) is 7.08. The van der Waals surface area contributed by atoms with Crippen LogP contribution in [0.3, 0.4) is 0 Å². The number of anilines is 1. The normalized spacial score (nSPS) is 17.5. The monoisotopic (exact) mass is 267 g/mol. The molecule has 0 unspecified atom stereocenters. The summed E-state index contributed by atoms with van der Waals surface area (Å²) in [5, 5.41) is 0. The van der Waals surface area contributed by atoms with E-state index in [-0.39, 0.29) is 0 Å². The second kappa shape index (κ2) is 5.89. The Bertz CT molecular complexity index is 398. The van der Waals surface area contributed by atoms with Crippen LogP contribution in [0.2, 0.25) is 0 Å². The molecule has 100 valence electrons. The van der Waals surface area contributed by atoms with E-state index < -0.39 is 0 Å². The van der Waals surface area contributed by atoms with Gasteiger partial charge in [0.15, 0.2) is 0 Å². The zero-order valence-electron chi connectivity index (χ0n) is 11.5. The van der Waals surface area contributed by atoms with Crippen molar-refractivity contribution in [3.05, 3.63) is 23.4 Å². The zero-order chi connectivity index (χ0) is 13.1. The van der Waals surface area contributed by atoms with Gasteiger partial charge in [-0.1, -0.05) is 0 Å². The van der Waals surface area contributed by atoms with E-state index in [0.29, 0.717) is 11.9 Å². The molecule has 1 aliphatic rings.